The molecule has 3 aliphatic rings. The van der Waals surface area contributed by atoms with E-state index in [1.54, 1.807) is 23.7 Å². The first kappa shape index (κ1) is 21.4. The van der Waals surface area contributed by atoms with Crippen LogP contribution in [0.4, 0.5) is 0 Å². The molecule has 3 rings (SSSR count). The van der Waals surface area contributed by atoms with Crippen LogP contribution in [0.2, 0.25) is 0 Å². The maximum absolute atomic E-state index is 13.6. The van der Waals surface area contributed by atoms with Gasteiger partial charge in [-0.2, -0.15) is 0 Å². The van der Waals surface area contributed by atoms with Crippen molar-refractivity contribution in [3.8, 4) is 0 Å². The van der Waals surface area contributed by atoms with Gasteiger partial charge in [-0.1, -0.05) is 13.8 Å². The Hall–Kier alpha value is -1.28. The predicted octanol–water partition coefficient (Wildman–Crippen LogP) is 0.755. The molecule has 8 heteroatoms. The molecule has 28 heavy (non-hydrogen) atoms. The molecule has 0 aromatic rings. The van der Waals surface area contributed by atoms with Crippen molar-refractivity contribution >= 4 is 29.5 Å². The lowest BCUT2D eigenvalue weighted by molar-refractivity contribution is -0.143. The van der Waals surface area contributed by atoms with Gasteiger partial charge < -0.3 is 20.6 Å². The summed E-state index contributed by atoms with van der Waals surface area (Å²) < 4.78 is -0.628. The normalized spacial score (nSPS) is 37.8. The minimum atomic E-state index is -0.680. The Labute approximate surface area is 171 Å². The SMILES string of the molecule is CC[C@@H](CO)N1C(=O)[C@@H]2[C@H](C(=O)NC)[C@@H]3CC(C)C2(S3)C1C(=O)NC(C)(C)C. The van der Waals surface area contributed by atoms with E-state index in [1.807, 2.05) is 27.7 Å². The van der Waals surface area contributed by atoms with Crippen molar-refractivity contribution in [3.05, 3.63) is 0 Å². The van der Waals surface area contributed by atoms with Crippen LogP contribution < -0.4 is 10.6 Å². The standard InChI is InChI=1S/C20H33N3O4S/c1-7-11(9-24)23-15(17(26)22-19(3,4)5)20-10(2)8-12(28-20)13(16(25)21-6)14(20)18(23)27/h10-15,24H,7-9H2,1-6H3,(H,21,25)(H,22,26)/t10?,11-,12-,13+,14-,15?,20?/m0/s1. The number of rotatable bonds is 5. The summed E-state index contributed by atoms with van der Waals surface area (Å²) in [6, 6.07) is -1.11. The molecule has 3 heterocycles. The van der Waals surface area contributed by atoms with E-state index >= 15 is 0 Å². The van der Waals surface area contributed by atoms with Gasteiger partial charge in [0.2, 0.25) is 17.7 Å². The van der Waals surface area contributed by atoms with Gasteiger partial charge in [0.05, 0.1) is 29.2 Å². The van der Waals surface area contributed by atoms with E-state index in [1.165, 1.54) is 0 Å². The number of likely N-dealkylation sites (tertiary alicyclic amines) is 1. The number of carbonyl (C=O) groups is 3. The molecule has 0 saturated carbocycles. The molecule has 7 atom stereocenters. The maximum atomic E-state index is 13.6. The number of fused-ring (bicyclic) bond motifs is 1. The highest BCUT2D eigenvalue weighted by Gasteiger charge is 2.76. The number of nitrogens with one attached hydrogen (secondary N) is 2. The average molecular weight is 412 g/mol. The van der Waals surface area contributed by atoms with Crippen molar-refractivity contribution in [2.24, 2.45) is 17.8 Å². The first-order valence-corrected chi connectivity index (χ1v) is 11.1. The van der Waals surface area contributed by atoms with Crippen molar-refractivity contribution in [2.45, 2.75) is 75.1 Å². The van der Waals surface area contributed by atoms with Crippen LogP contribution in [0.5, 0.6) is 0 Å². The molecule has 0 aromatic heterocycles. The quantitative estimate of drug-likeness (QED) is 0.620. The van der Waals surface area contributed by atoms with Crippen LogP contribution in [-0.4, -0.2) is 69.0 Å². The van der Waals surface area contributed by atoms with E-state index < -0.39 is 34.2 Å². The monoisotopic (exact) mass is 411 g/mol. The predicted molar refractivity (Wildman–Crippen MR) is 109 cm³/mol. The van der Waals surface area contributed by atoms with Crippen LogP contribution in [0.1, 0.15) is 47.5 Å². The van der Waals surface area contributed by atoms with Crippen molar-refractivity contribution in [2.75, 3.05) is 13.7 Å². The van der Waals surface area contributed by atoms with E-state index in [0.29, 0.717) is 6.42 Å². The second-order valence-electron chi connectivity index (χ2n) is 9.40. The average Bonchev–Trinajstić information content (AvgIpc) is 3.18. The third-order valence-electron chi connectivity index (χ3n) is 6.55. The highest BCUT2D eigenvalue weighted by atomic mass is 32.2. The minimum Gasteiger partial charge on any atom is -0.394 e. The van der Waals surface area contributed by atoms with E-state index in [9.17, 15) is 19.5 Å². The Morgan fingerprint density at radius 1 is 1.36 bits per heavy atom. The molecule has 158 valence electrons. The molecule has 7 nitrogen and oxygen atoms in total. The van der Waals surface area contributed by atoms with Gasteiger partial charge in [-0.25, -0.2) is 0 Å². The van der Waals surface area contributed by atoms with Crippen LogP contribution in [0.3, 0.4) is 0 Å². The van der Waals surface area contributed by atoms with Gasteiger partial charge in [-0.15, -0.1) is 11.8 Å². The first-order chi connectivity index (χ1) is 13.0. The number of hydrogen-bond acceptors (Lipinski definition) is 5. The number of nitrogens with zero attached hydrogens (tertiary/aromatic N) is 1. The molecule has 2 bridgehead atoms. The zero-order valence-electron chi connectivity index (χ0n) is 17.6. The number of thioether (sulfide) groups is 1. The Balaban J connectivity index is 2.12. The molecule has 3 saturated heterocycles. The summed E-state index contributed by atoms with van der Waals surface area (Å²) in [6.45, 7) is 9.55. The molecule has 3 amide bonds. The second kappa shape index (κ2) is 7.20. The van der Waals surface area contributed by atoms with Gasteiger partial charge in [0.25, 0.3) is 0 Å². The summed E-state index contributed by atoms with van der Waals surface area (Å²) in [4.78, 5) is 41.4. The van der Waals surface area contributed by atoms with E-state index in [4.69, 9.17) is 0 Å². The Morgan fingerprint density at radius 3 is 2.50 bits per heavy atom. The fourth-order valence-electron chi connectivity index (χ4n) is 5.47. The summed E-state index contributed by atoms with van der Waals surface area (Å²) in [5.74, 6) is -1.29. The Morgan fingerprint density at radius 2 is 2.00 bits per heavy atom. The lowest BCUT2D eigenvalue weighted by atomic mass is 9.66. The lowest BCUT2D eigenvalue weighted by Gasteiger charge is -2.41. The highest BCUT2D eigenvalue weighted by molar-refractivity contribution is 8.02. The molecule has 0 radical (unpaired) electrons. The van der Waals surface area contributed by atoms with E-state index in [2.05, 4.69) is 17.6 Å². The van der Waals surface area contributed by atoms with Gasteiger partial charge in [0.1, 0.15) is 6.04 Å². The summed E-state index contributed by atoms with van der Waals surface area (Å²) in [7, 11) is 1.60. The molecular formula is C20H33N3O4S. The first-order valence-electron chi connectivity index (χ1n) is 10.2. The smallest absolute Gasteiger partial charge is 0.244 e. The summed E-state index contributed by atoms with van der Waals surface area (Å²) >= 11 is 1.65. The van der Waals surface area contributed by atoms with Gasteiger partial charge >= 0.3 is 0 Å². The Bertz CT molecular complexity index is 675. The van der Waals surface area contributed by atoms with Gasteiger partial charge in [-0.05, 0) is 39.5 Å². The third kappa shape index (κ3) is 2.95. The highest BCUT2D eigenvalue weighted by Crippen LogP contribution is 2.68. The van der Waals surface area contributed by atoms with Crippen molar-refractivity contribution in [3.63, 3.8) is 0 Å². The molecular weight excluding hydrogens is 378 g/mol. The van der Waals surface area contributed by atoms with E-state index in [0.717, 1.165) is 6.42 Å². The lowest BCUT2D eigenvalue weighted by Crippen LogP contribution is -2.60. The van der Waals surface area contributed by atoms with Crippen LogP contribution >= 0.6 is 11.8 Å². The third-order valence-corrected chi connectivity index (χ3v) is 8.63. The van der Waals surface area contributed by atoms with Gasteiger partial charge in [0, 0.05) is 17.8 Å². The van der Waals surface area contributed by atoms with Crippen LogP contribution in [0, 0.1) is 17.8 Å². The molecule has 3 unspecified atom stereocenters. The second-order valence-corrected chi connectivity index (χ2v) is 10.9. The zero-order valence-corrected chi connectivity index (χ0v) is 18.4. The number of aliphatic hydroxyl groups is 1. The zero-order chi connectivity index (χ0) is 21.0. The molecule has 3 aliphatic heterocycles. The molecule has 3 N–H and O–H groups in total. The maximum Gasteiger partial charge on any atom is 0.244 e. The van der Waals surface area contributed by atoms with Crippen molar-refractivity contribution in [1.82, 2.24) is 15.5 Å². The summed E-state index contributed by atoms with van der Waals surface area (Å²) in [6.07, 6.45) is 1.37. The fraction of sp³-hybridized carbons (Fsp3) is 0.850. The molecule has 3 fully saturated rings. The molecule has 0 aromatic carbocycles. The van der Waals surface area contributed by atoms with Crippen LogP contribution in [0.25, 0.3) is 0 Å². The number of carbonyl (C=O) groups excluding carboxylic acids is 3. The number of aliphatic hydroxyl groups excluding tert-OH is 1. The Kier molecular flexibility index (Phi) is 5.51. The minimum absolute atomic E-state index is 0.0465. The fourth-order valence-corrected chi connectivity index (χ4v) is 7.88. The van der Waals surface area contributed by atoms with Crippen LogP contribution in [0.15, 0.2) is 0 Å². The molecule has 0 aliphatic carbocycles. The van der Waals surface area contributed by atoms with Crippen LogP contribution in [-0.2, 0) is 14.4 Å². The molecule has 1 spiro atoms. The number of hydrogen-bond donors (Lipinski definition) is 3. The topological polar surface area (TPSA) is 98.7 Å². The largest absolute Gasteiger partial charge is 0.394 e. The van der Waals surface area contributed by atoms with Gasteiger partial charge in [0.15, 0.2) is 0 Å². The van der Waals surface area contributed by atoms with Gasteiger partial charge in [-0.3, -0.25) is 14.4 Å². The summed E-state index contributed by atoms with van der Waals surface area (Å²) in [5.41, 5.74) is -0.438. The van der Waals surface area contributed by atoms with Crippen molar-refractivity contribution in [1.29, 1.82) is 0 Å². The van der Waals surface area contributed by atoms with Crippen molar-refractivity contribution < 1.29 is 19.5 Å². The van der Waals surface area contributed by atoms with E-state index in [-0.39, 0.29) is 35.5 Å². The number of amides is 3. The summed E-state index contributed by atoms with van der Waals surface area (Å²) in [5, 5.41) is 15.8.